The van der Waals surface area contributed by atoms with Crippen LogP contribution >= 0.6 is 0 Å². The molecule has 0 heterocycles. The lowest BCUT2D eigenvalue weighted by Gasteiger charge is -2.08. The van der Waals surface area contributed by atoms with E-state index in [9.17, 15) is 9.18 Å². The molecule has 0 saturated heterocycles. The van der Waals surface area contributed by atoms with Crippen LogP contribution in [-0.4, -0.2) is 18.9 Å². The lowest BCUT2D eigenvalue weighted by atomic mass is 10.1. The molecule has 1 N–H and O–H groups in total. The second-order valence-electron chi connectivity index (χ2n) is 2.88. The molecule has 0 aromatic heterocycles. The summed E-state index contributed by atoms with van der Waals surface area (Å²) in [5.41, 5.74) is 0.404. The van der Waals surface area contributed by atoms with E-state index in [1.807, 2.05) is 0 Å². The summed E-state index contributed by atoms with van der Waals surface area (Å²) in [5.74, 6) is -0.476. The van der Waals surface area contributed by atoms with Gasteiger partial charge in [-0.25, -0.2) is 4.39 Å². The Labute approximate surface area is 84.1 Å². The minimum atomic E-state index is -0.380. The van der Waals surface area contributed by atoms with Crippen molar-refractivity contribution in [2.45, 2.75) is 20.4 Å². The van der Waals surface area contributed by atoms with Crippen LogP contribution in [-0.2, 0) is 0 Å². The van der Waals surface area contributed by atoms with Crippen molar-refractivity contribution >= 4 is 5.78 Å². The molecular formula is C11H16FNO. The van der Waals surface area contributed by atoms with Crippen molar-refractivity contribution in [2.75, 3.05) is 7.05 Å². The number of nitrogens with one attached hydrogen (secondary N) is 1. The molecular weight excluding hydrogens is 181 g/mol. The molecule has 0 radical (unpaired) electrons. The van der Waals surface area contributed by atoms with Crippen LogP contribution in [0.2, 0.25) is 0 Å². The normalized spacial score (nSPS) is 11.6. The second-order valence-corrected chi connectivity index (χ2v) is 2.88. The highest BCUT2D eigenvalue weighted by molar-refractivity contribution is 5.99. The standard InChI is InChI=1S/C10H12FNO.CH4/c1-7(12-2)10(13)8-4-3-5-9(11)6-8;/h3-7,12H,1-2H3;1H4. The average molecular weight is 197 g/mol. The number of likely N-dealkylation sites (N-methyl/N-ethyl adjacent to an activating group) is 1. The van der Waals surface area contributed by atoms with Gasteiger partial charge in [-0.15, -0.1) is 0 Å². The summed E-state index contributed by atoms with van der Waals surface area (Å²) in [6.45, 7) is 1.74. The van der Waals surface area contributed by atoms with E-state index >= 15 is 0 Å². The Hall–Kier alpha value is -1.22. The minimum absolute atomic E-state index is 0. The molecule has 3 heteroatoms. The largest absolute Gasteiger partial charge is 0.310 e. The Morgan fingerprint density at radius 3 is 2.64 bits per heavy atom. The molecule has 0 spiro atoms. The summed E-state index contributed by atoms with van der Waals surface area (Å²) in [6, 6.07) is 5.43. The molecule has 1 aromatic rings. The Morgan fingerprint density at radius 2 is 2.14 bits per heavy atom. The number of hydrogen-bond donors (Lipinski definition) is 1. The van der Waals surface area contributed by atoms with Crippen molar-refractivity contribution in [1.29, 1.82) is 0 Å². The zero-order chi connectivity index (χ0) is 9.84. The summed E-state index contributed by atoms with van der Waals surface area (Å²) in [5, 5.41) is 2.81. The van der Waals surface area contributed by atoms with Gasteiger partial charge in [-0.3, -0.25) is 4.79 Å². The molecule has 78 valence electrons. The molecule has 0 saturated carbocycles. The Morgan fingerprint density at radius 1 is 1.50 bits per heavy atom. The third kappa shape index (κ3) is 2.92. The zero-order valence-electron chi connectivity index (χ0n) is 7.67. The summed E-state index contributed by atoms with van der Waals surface area (Å²) >= 11 is 0. The number of carbonyl (C=O) groups excluding carboxylic acids is 1. The van der Waals surface area contributed by atoms with E-state index in [4.69, 9.17) is 0 Å². The first-order valence-corrected chi connectivity index (χ1v) is 4.12. The molecule has 2 nitrogen and oxygen atoms in total. The van der Waals surface area contributed by atoms with Crippen LogP contribution < -0.4 is 5.32 Å². The Bertz CT molecular complexity index is 312. The smallest absolute Gasteiger partial charge is 0.179 e. The van der Waals surface area contributed by atoms with Gasteiger partial charge in [-0.1, -0.05) is 19.6 Å². The molecule has 0 bridgehead atoms. The van der Waals surface area contributed by atoms with Gasteiger partial charge in [0, 0.05) is 5.56 Å². The fourth-order valence-electron chi connectivity index (χ4n) is 1.02. The second kappa shape index (κ2) is 5.50. The number of ketones is 1. The van der Waals surface area contributed by atoms with Crippen molar-refractivity contribution in [3.63, 3.8) is 0 Å². The lowest BCUT2D eigenvalue weighted by molar-refractivity contribution is 0.0954. The topological polar surface area (TPSA) is 29.1 Å². The zero-order valence-corrected chi connectivity index (χ0v) is 7.67. The molecule has 14 heavy (non-hydrogen) atoms. The van der Waals surface area contributed by atoms with E-state index in [0.717, 1.165) is 0 Å². The van der Waals surface area contributed by atoms with Crippen LogP contribution in [0.15, 0.2) is 24.3 Å². The third-order valence-corrected chi connectivity index (χ3v) is 1.94. The number of rotatable bonds is 3. The van der Waals surface area contributed by atoms with Crippen LogP contribution in [0.1, 0.15) is 24.7 Å². The quantitative estimate of drug-likeness (QED) is 0.753. The summed E-state index contributed by atoms with van der Waals surface area (Å²) < 4.78 is 12.7. The Kier molecular flexibility index (Phi) is 5.02. The van der Waals surface area contributed by atoms with Crippen molar-refractivity contribution in [3.05, 3.63) is 35.6 Å². The SMILES string of the molecule is C.CNC(C)C(=O)c1cccc(F)c1. The summed E-state index contributed by atoms with van der Waals surface area (Å²) in [4.78, 5) is 11.5. The number of Topliss-reactive ketones (excluding diaryl/α,β-unsaturated/α-hetero) is 1. The minimum Gasteiger partial charge on any atom is -0.310 e. The monoisotopic (exact) mass is 197 g/mol. The maximum absolute atomic E-state index is 12.7. The van der Waals surface area contributed by atoms with Gasteiger partial charge in [-0.05, 0) is 26.1 Å². The van der Waals surface area contributed by atoms with Gasteiger partial charge in [0.25, 0.3) is 0 Å². The average Bonchev–Trinajstić information content (AvgIpc) is 2.15. The lowest BCUT2D eigenvalue weighted by Crippen LogP contribution is -2.30. The molecule has 0 fully saturated rings. The van der Waals surface area contributed by atoms with Crippen LogP contribution in [0.3, 0.4) is 0 Å². The fraction of sp³-hybridized carbons (Fsp3) is 0.364. The van der Waals surface area contributed by atoms with E-state index in [-0.39, 0.29) is 25.1 Å². The number of halogens is 1. The van der Waals surface area contributed by atoms with Crippen LogP contribution in [0, 0.1) is 5.82 Å². The van der Waals surface area contributed by atoms with Crippen molar-refractivity contribution in [2.24, 2.45) is 0 Å². The number of carbonyl (C=O) groups is 1. The van der Waals surface area contributed by atoms with Crippen molar-refractivity contribution in [3.8, 4) is 0 Å². The van der Waals surface area contributed by atoms with Gasteiger partial charge in [0.05, 0.1) is 6.04 Å². The highest BCUT2D eigenvalue weighted by Crippen LogP contribution is 2.06. The van der Waals surface area contributed by atoms with Crippen LogP contribution in [0.4, 0.5) is 4.39 Å². The van der Waals surface area contributed by atoms with Crippen molar-refractivity contribution < 1.29 is 9.18 Å². The molecule has 0 amide bonds. The van der Waals surface area contributed by atoms with Gasteiger partial charge in [0.2, 0.25) is 0 Å². The van der Waals surface area contributed by atoms with Gasteiger partial charge in [0.15, 0.2) is 5.78 Å². The van der Waals surface area contributed by atoms with E-state index in [2.05, 4.69) is 5.32 Å². The van der Waals surface area contributed by atoms with E-state index in [0.29, 0.717) is 5.56 Å². The van der Waals surface area contributed by atoms with E-state index in [1.54, 1.807) is 20.0 Å². The van der Waals surface area contributed by atoms with Gasteiger partial charge in [-0.2, -0.15) is 0 Å². The van der Waals surface area contributed by atoms with E-state index in [1.165, 1.54) is 18.2 Å². The van der Waals surface area contributed by atoms with Crippen LogP contribution in [0.25, 0.3) is 0 Å². The molecule has 1 atom stereocenters. The first-order valence-electron chi connectivity index (χ1n) is 4.12. The third-order valence-electron chi connectivity index (χ3n) is 1.94. The highest BCUT2D eigenvalue weighted by atomic mass is 19.1. The number of benzene rings is 1. The summed E-state index contributed by atoms with van der Waals surface area (Å²) in [7, 11) is 1.70. The molecule has 1 rings (SSSR count). The van der Waals surface area contributed by atoms with Gasteiger partial charge in [0.1, 0.15) is 5.82 Å². The molecule has 0 aliphatic heterocycles. The summed E-state index contributed by atoms with van der Waals surface area (Å²) in [6.07, 6.45) is 0. The predicted octanol–water partition coefficient (Wildman–Crippen LogP) is 2.25. The predicted molar refractivity (Wildman–Crippen MR) is 56.0 cm³/mol. The maximum atomic E-state index is 12.7. The van der Waals surface area contributed by atoms with Crippen LogP contribution in [0.5, 0.6) is 0 Å². The first kappa shape index (κ1) is 12.8. The molecule has 1 aromatic carbocycles. The van der Waals surface area contributed by atoms with Gasteiger partial charge < -0.3 is 5.32 Å². The maximum Gasteiger partial charge on any atom is 0.179 e. The molecule has 0 aliphatic carbocycles. The highest BCUT2D eigenvalue weighted by Gasteiger charge is 2.12. The van der Waals surface area contributed by atoms with Crippen molar-refractivity contribution in [1.82, 2.24) is 5.32 Å². The Balaban J connectivity index is 0.00000169. The number of hydrogen-bond acceptors (Lipinski definition) is 2. The molecule has 0 aliphatic rings. The van der Waals surface area contributed by atoms with Gasteiger partial charge >= 0.3 is 0 Å². The fourth-order valence-corrected chi connectivity index (χ4v) is 1.02. The first-order chi connectivity index (χ1) is 6.15. The molecule has 1 unspecified atom stereocenters. The van der Waals surface area contributed by atoms with E-state index < -0.39 is 0 Å².